The fraction of sp³-hybridized carbons (Fsp3) is 0.963. The summed E-state index contributed by atoms with van der Waals surface area (Å²) < 4.78 is 0. The molecular weight excluding hydrogens is 420 g/mol. The van der Waals surface area contributed by atoms with E-state index in [-0.39, 0.29) is 10.2 Å². The van der Waals surface area contributed by atoms with Gasteiger partial charge in [0.1, 0.15) is 5.78 Å². The van der Waals surface area contributed by atoms with E-state index >= 15 is 0 Å². The van der Waals surface area contributed by atoms with Gasteiger partial charge in [-0.05, 0) is 97.2 Å². The van der Waals surface area contributed by atoms with Crippen LogP contribution in [0.2, 0.25) is 0 Å². The molecule has 0 aromatic carbocycles. The molecule has 2 heteroatoms. The number of carbonyl (C=O) groups is 1. The van der Waals surface area contributed by atoms with Crippen LogP contribution in [-0.4, -0.2) is 10.6 Å². The van der Waals surface area contributed by atoms with E-state index in [2.05, 4.69) is 50.5 Å². The smallest absolute Gasteiger partial charge is 0.147 e. The van der Waals surface area contributed by atoms with Gasteiger partial charge >= 0.3 is 0 Å². The first-order chi connectivity index (χ1) is 13.7. The maximum Gasteiger partial charge on any atom is 0.147 e. The normalized spacial score (nSPS) is 48.2. The van der Waals surface area contributed by atoms with Gasteiger partial charge in [0.05, 0.1) is 4.83 Å². The van der Waals surface area contributed by atoms with Crippen LogP contribution in [0.25, 0.3) is 0 Å². The highest BCUT2D eigenvalue weighted by atomic mass is 79.9. The fourth-order valence-corrected chi connectivity index (χ4v) is 10.1. The Morgan fingerprint density at radius 3 is 2.45 bits per heavy atom. The molecule has 0 radical (unpaired) electrons. The molecule has 0 unspecified atom stereocenters. The van der Waals surface area contributed by atoms with Crippen molar-refractivity contribution in [3.63, 3.8) is 0 Å². The molecule has 4 rings (SSSR count). The zero-order valence-electron chi connectivity index (χ0n) is 19.7. The van der Waals surface area contributed by atoms with Crippen LogP contribution in [0.1, 0.15) is 105 Å². The number of hydrogen-bond donors (Lipinski definition) is 0. The van der Waals surface area contributed by atoms with Crippen LogP contribution in [0.5, 0.6) is 0 Å². The van der Waals surface area contributed by atoms with E-state index in [0.717, 1.165) is 54.3 Å². The largest absolute Gasteiger partial charge is 0.298 e. The third-order valence-corrected chi connectivity index (χ3v) is 12.2. The molecule has 1 nitrogen and oxygen atoms in total. The monoisotopic (exact) mass is 464 g/mol. The van der Waals surface area contributed by atoms with Gasteiger partial charge in [-0.1, -0.05) is 69.8 Å². The number of carbonyl (C=O) groups excluding carboxylic acids is 1. The number of halogens is 1. The minimum absolute atomic E-state index is 0.109. The van der Waals surface area contributed by atoms with Crippen LogP contribution in [0, 0.1) is 52.3 Å². The van der Waals surface area contributed by atoms with Crippen molar-refractivity contribution in [2.75, 3.05) is 0 Å². The number of Topliss-reactive ketones (excluding diaryl/α,β-unsaturated/α-hetero) is 1. The zero-order chi connectivity index (χ0) is 21.0. The van der Waals surface area contributed by atoms with Crippen LogP contribution in [0.3, 0.4) is 0 Å². The van der Waals surface area contributed by atoms with Crippen molar-refractivity contribution in [1.29, 1.82) is 0 Å². The van der Waals surface area contributed by atoms with Crippen LogP contribution >= 0.6 is 15.9 Å². The molecule has 166 valence electrons. The summed E-state index contributed by atoms with van der Waals surface area (Å²) in [5.41, 5.74) is 0.767. The van der Waals surface area contributed by atoms with Crippen LogP contribution in [0.15, 0.2) is 0 Å². The summed E-state index contributed by atoms with van der Waals surface area (Å²) in [7, 11) is 0. The second-order valence-corrected chi connectivity index (χ2v) is 13.3. The average Bonchev–Trinajstić information content (AvgIpc) is 3.02. The molecule has 0 aromatic rings. The van der Waals surface area contributed by atoms with E-state index < -0.39 is 0 Å². The molecule has 0 aliphatic heterocycles. The number of rotatable bonds is 5. The second-order valence-electron chi connectivity index (χ2n) is 12.4. The van der Waals surface area contributed by atoms with Gasteiger partial charge in [0.25, 0.3) is 0 Å². The van der Waals surface area contributed by atoms with Crippen molar-refractivity contribution >= 4 is 21.7 Å². The lowest BCUT2D eigenvalue weighted by Gasteiger charge is -2.61. The Morgan fingerprint density at radius 1 is 0.966 bits per heavy atom. The second kappa shape index (κ2) is 8.25. The van der Waals surface area contributed by atoms with Crippen molar-refractivity contribution < 1.29 is 4.79 Å². The molecule has 4 fully saturated rings. The molecule has 4 saturated carbocycles. The third kappa shape index (κ3) is 3.60. The lowest BCUT2D eigenvalue weighted by atomic mass is 9.44. The first kappa shape index (κ1) is 22.3. The molecule has 4 aliphatic carbocycles. The fourth-order valence-electron chi connectivity index (χ4n) is 9.13. The summed E-state index contributed by atoms with van der Waals surface area (Å²) in [6, 6.07) is 0. The van der Waals surface area contributed by atoms with E-state index in [4.69, 9.17) is 0 Å². The van der Waals surface area contributed by atoms with Gasteiger partial charge in [-0.25, -0.2) is 0 Å². The van der Waals surface area contributed by atoms with Crippen LogP contribution in [0.4, 0.5) is 0 Å². The summed E-state index contributed by atoms with van der Waals surface area (Å²) >= 11 is 3.93. The SMILES string of the molecule is CC(C)CCC[C@@H](C)[C@H]1CC[C@H]2[C@@H]3CC[C@@H]4CCC(=O)[C@@H](Br)[C@]4(C)[C@H]3CC[C@]12C. The highest BCUT2D eigenvalue weighted by Gasteiger charge is 2.62. The van der Waals surface area contributed by atoms with Gasteiger partial charge in [-0.2, -0.15) is 0 Å². The van der Waals surface area contributed by atoms with E-state index in [1.165, 1.54) is 57.8 Å². The van der Waals surface area contributed by atoms with Gasteiger partial charge < -0.3 is 0 Å². The molecule has 4 aliphatic rings. The first-order valence-corrected chi connectivity index (χ1v) is 13.8. The Balaban J connectivity index is 1.51. The Morgan fingerprint density at radius 2 is 1.72 bits per heavy atom. The summed E-state index contributed by atoms with van der Waals surface area (Å²) in [5, 5.41) is 0. The highest BCUT2D eigenvalue weighted by Crippen LogP contribution is 2.68. The van der Waals surface area contributed by atoms with Gasteiger partial charge in [-0.15, -0.1) is 0 Å². The van der Waals surface area contributed by atoms with Gasteiger partial charge in [0.2, 0.25) is 0 Å². The maximum atomic E-state index is 12.7. The molecule has 9 atom stereocenters. The third-order valence-electron chi connectivity index (χ3n) is 10.7. The minimum Gasteiger partial charge on any atom is -0.298 e. The standard InChI is InChI=1S/C27H45BrO/c1-17(2)7-6-8-18(3)21-12-13-22-20-11-9-19-10-14-24(29)25(28)27(19,5)23(20)15-16-26(21,22)4/h17-23,25H,6-16H2,1-5H3/t18-,19-,20+,21-,22+,23+,25-,26-,27+/m1/s1. The molecule has 29 heavy (non-hydrogen) atoms. The van der Waals surface area contributed by atoms with Crippen LogP contribution < -0.4 is 0 Å². The van der Waals surface area contributed by atoms with Gasteiger partial charge in [-0.3, -0.25) is 4.79 Å². The summed E-state index contributed by atoms with van der Waals surface area (Å²) in [4.78, 5) is 12.8. The van der Waals surface area contributed by atoms with Crippen molar-refractivity contribution in [1.82, 2.24) is 0 Å². The molecule has 0 spiro atoms. The first-order valence-electron chi connectivity index (χ1n) is 12.9. The maximum absolute atomic E-state index is 12.7. The predicted octanol–water partition coefficient (Wildman–Crippen LogP) is 8.05. The summed E-state index contributed by atoms with van der Waals surface area (Å²) in [5.74, 6) is 6.45. The van der Waals surface area contributed by atoms with Crippen molar-refractivity contribution in [3.8, 4) is 0 Å². The molecular formula is C27H45BrO. The Hall–Kier alpha value is 0.150. The number of hydrogen-bond acceptors (Lipinski definition) is 1. The topological polar surface area (TPSA) is 17.1 Å². The van der Waals surface area contributed by atoms with Crippen molar-refractivity contribution in [2.24, 2.45) is 52.3 Å². The molecule has 0 heterocycles. The van der Waals surface area contributed by atoms with E-state index in [1.807, 2.05) is 0 Å². The molecule has 0 saturated heterocycles. The molecule has 0 aromatic heterocycles. The number of ketones is 1. The van der Waals surface area contributed by atoms with E-state index in [1.54, 1.807) is 0 Å². The quantitative estimate of drug-likeness (QED) is 0.375. The molecule has 0 bridgehead atoms. The Labute approximate surface area is 188 Å². The summed E-state index contributed by atoms with van der Waals surface area (Å²) in [6.07, 6.45) is 14.7. The lowest BCUT2D eigenvalue weighted by Crippen LogP contribution is -2.58. The average molecular weight is 466 g/mol. The molecule has 0 amide bonds. The van der Waals surface area contributed by atoms with E-state index in [9.17, 15) is 4.79 Å². The highest BCUT2D eigenvalue weighted by molar-refractivity contribution is 9.10. The van der Waals surface area contributed by atoms with Crippen molar-refractivity contribution in [2.45, 2.75) is 110 Å². The van der Waals surface area contributed by atoms with Gasteiger partial charge in [0, 0.05) is 6.42 Å². The number of fused-ring (bicyclic) bond motifs is 5. The zero-order valence-corrected chi connectivity index (χ0v) is 21.3. The Bertz CT molecular complexity index is 614. The number of alkyl halides is 1. The minimum atomic E-state index is 0.109. The predicted molar refractivity (Wildman–Crippen MR) is 126 cm³/mol. The Kier molecular flexibility index (Phi) is 6.36. The van der Waals surface area contributed by atoms with Crippen LogP contribution in [-0.2, 0) is 4.79 Å². The van der Waals surface area contributed by atoms with Gasteiger partial charge in [0.15, 0.2) is 0 Å². The van der Waals surface area contributed by atoms with Crippen molar-refractivity contribution in [3.05, 3.63) is 0 Å². The lowest BCUT2D eigenvalue weighted by molar-refractivity contribution is -0.139. The summed E-state index contributed by atoms with van der Waals surface area (Å²) in [6.45, 7) is 12.5. The molecule has 0 N–H and O–H groups in total. The van der Waals surface area contributed by atoms with E-state index in [0.29, 0.717) is 11.2 Å².